The first-order valence-corrected chi connectivity index (χ1v) is 8.27. The van der Waals surface area contributed by atoms with Crippen molar-refractivity contribution < 1.29 is 4.79 Å². The second kappa shape index (κ2) is 6.13. The van der Waals surface area contributed by atoms with Crippen LogP contribution in [-0.2, 0) is 4.79 Å². The maximum Gasteiger partial charge on any atom is 0.215 e. The number of para-hydroxylation sites is 1. The number of carbonyl (C=O) groups excluding carboxylic acids is 1. The number of carbonyl (C=O) groups is 1. The predicted molar refractivity (Wildman–Crippen MR) is 94.6 cm³/mol. The van der Waals surface area contributed by atoms with Crippen LogP contribution in [-0.4, -0.2) is 66.7 Å². The summed E-state index contributed by atoms with van der Waals surface area (Å²) >= 11 is 0. The summed E-state index contributed by atoms with van der Waals surface area (Å²) in [6.07, 6.45) is 4.81. The van der Waals surface area contributed by atoms with E-state index in [1.165, 1.54) is 0 Å². The summed E-state index contributed by atoms with van der Waals surface area (Å²) in [5.41, 5.74) is 2.87. The first-order chi connectivity index (χ1) is 11.8. The number of aliphatic imine (C=N–C) groups is 1. The number of amidine groups is 1. The highest BCUT2D eigenvalue weighted by atomic mass is 16.1. The van der Waals surface area contributed by atoms with E-state index >= 15 is 0 Å². The molecule has 3 aliphatic heterocycles. The summed E-state index contributed by atoms with van der Waals surface area (Å²) in [5.74, 6) is 1.73. The molecule has 0 spiro atoms. The second-order valence-electron chi connectivity index (χ2n) is 6.29. The van der Waals surface area contributed by atoms with Crippen LogP contribution < -0.4 is 5.32 Å². The lowest BCUT2D eigenvalue weighted by atomic mass is 10.1. The maximum absolute atomic E-state index is 11.4. The van der Waals surface area contributed by atoms with Crippen molar-refractivity contribution in [3.05, 3.63) is 53.5 Å². The van der Waals surface area contributed by atoms with Gasteiger partial charge in [0, 0.05) is 38.3 Å². The van der Waals surface area contributed by atoms with Crippen LogP contribution in [0.3, 0.4) is 0 Å². The fraction of sp³-hybridized carbons (Fsp3) is 0.333. The number of rotatable bonds is 1. The predicted octanol–water partition coefficient (Wildman–Crippen LogP) is 1.30. The van der Waals surface area contributed by atoms with E-state index in [2.05, 4.69) is 28.2 Å². The lowest BCUT2D eigenvalue weighted by Gasteiger charge is -2.34. The third-order valence-electron chi connectivity index (χ3n) is 4.69. The van der Waals surface area contributed by atoms with Crippen molar-refractivity contribution in [1.29, 1.82) is 0 Å². The summed E-state index contributed by atoms with van der Waals surface area (Å²) < 4.78 is 0. The number of piperazine rings is 1. The number of hydrogen-bond acceptors (Lipinski definition) is 5. The van der Waals surface area contributed by atoms with Gasteiger partial charge in [0.2, 0.25) is 6.41 Å². The molecule has 1 saturated heterocycles. The molecule has 3 aliphatic rings. The number of hydrogen-bond donors (Lipinski definition) is 1. The molecular formula is C18H21N5O. The summed E-state index contributed by atoms with van der Waals surface area (Å²) in [6.45, 7) is 4.52. The van der Waals surface area contributed by atoms with Gasteiger partial charge in [0.25, 0.3) is 0 Å². The number of anilines is 1. The summed E-state index contributed by atoms with van der Waals surface area (Å²) in [6, 6.07) is 8.16. The number of likely N-dealkylation sites (N-methyl/N-ethyl adjacent to an activating group) is 1. The first kappa shape index (κ1) is 15.0. The Balaban J connectivity index is 1.80. The Morgan fingerprint density at radius 1 is 1.17 bits per heavy atom. The van der Waals surface area contributed by atoms with E-state index in [0.717, 1.165) is 61.2 Å². The molecule has 0 bridgehead atoms. The van der Waals surface area contributed by atoms with E-state index in [0.29, 0.717) is 6.54 Å². The Hall–Kier alpha value is -2.60. The fourth-order valence-corrected chi connectivity index (χ4v) is 3.27. The van der Waals surface area contributed by atoms with Crippen LogP contribution in [0.25, 0.3) is 0 Å². The largest absolute Gasteiger partial charge is 0.353 e. The van der Waals surface area contributed by atoms with E-state index < -0.39 is 0 Å². The molecule has 6 heteroatoms. The lowest BCUT2D eigenvalue weighted by molar-refractivity contribution is -0.116. The normalized spacial score (nSPS) is 20.8. The highest BCUT2D eigenvalue weighted by molar-refractivity contribution is 6.05. The number of amides is 1. The van der Waals surface area contributed by atoms with Gasteiger partial charge in [0.15, 0.2) is 0 Å². The van der Waals surface area contributed by atoms with Crippen molar-refractivity contribution >= 4 is 17.9 Å². The van der Waals surface area contributed by atoms with Gasteiger partial charge in [-0.25, -0.2) is 4.99 Å². The quantitative estimate of drug-likeness (QED) is 0.792. The molecule has 4 rings (SSSR count). The number of benzene rings is 1. The van der Waals surface area contributed by atoms with Gasteiger partial charge in [-0.3, -0.25) is 9.69 Å². The molecule has 1 aromatic rings. The van der Waals surface area contributed by atoms with Crippen molar-refractivity contribution in [2.24, 2.45) is 4.99 Å². The Morgan fingerprint density at radius 2 is 1.96 bits per heavy atom. The molecule has 0 aromatic heterocycles. The Bertz CT molecular complexity index is 744. The Kier molecular flexibility index (Phi) is 3.82. The first-order valence-electron chi connectivity index (χ1n) is 8.27. The molecule has 0 unspecified atom stereocenters. The molecule has 0 aliphatic carbocycles. The van der Waals surface area contributed by atoms with Gasteiger partial charge in [0.1, 0.15) is 17.4 Å². The molecule has 124 valence electrons. The van der Waals surface area contributed by atoms with Gasteiger partial charge in [-0.1, -0.05) is 18.2 Å². The van der Waals surface area contributed by atoms with Crippen LogP contribution in [0.15, 0.2) is 52.9 Å². The molecule has 1 amide bonds. The van der Waals surface area contributed by atoms with Gasteiger partial charge in [0.05, 0.1) is 5.69 Å². The zero-order valence-electron chi connectivity index (χ0n) is 13.8. The lowest BCUT2D eigenvalue weighted by Crippen LogP contribution is -2.47. The molecule has 1 fully saturated rings. The topological polar surface area (TPSA) is 51.2 Å². The number of nitrogens with zero attached hydrogens (tertiary/aromatic N) is 4. The summed E-state index contributed by atoms with van der Waals surface area (Å²) in [5, 5.41) is 3.41. The molecule has 3 heterocycles. The van der Waals surface area contributed by atoms with Crippen LogP contribution in [0.1, 0.15) is 5.56 Å². The van der Waals surface area contributed by atoms with Crippen LogP contribution in [0, 0.1) is 0 Å². The molecular weight excluding hydrogens is 302 g/mol. The standard InChI is InChI=1S/C18H21N5O/c1-21-9-11-22(12-10-21)17-14-5-2-3-6-15(14)19-18-16(20-17)7-4-8-23(18)13-24/h2-7,13,19H,8-12H2,1H3. The van der Waals surface area contributed by atoms with Crippen molar-refractivity contribution in [3.8, 4) is 0 Å². The minimum absolute atomic E-state index is 0.566. The molecule has 0 atom stereocenters. The molecule has 1 aromatic carbocycles. The third-order valence-corrected chi connectivity index (χ3v) is 4.69. The van der Waals surface area contributed by atoms with Crippen LogP contribution in [0.4, 0.5) is 5.69 Å². The van der Waals surface area contributed by atoms with Gasteiger partial charge in [-0.2, -0.15) is 0 Å². The Labute approximate surface area is 141 Å². The maximum atomic E-state index is 11.4. The summed E-state index contributed by atoms with van der Waals surface area (Å²) in [4.78, 5) is 22.7. The van der Waals surface area contributed by atoms with E-state index in [9.17, 15) is 4.79 Å². The minimum atomic E-state index is 0.566. The van der Waals surface area contributed by atoms with Gasteiger partial charge < -0.3 is 15.1 Å². The molecule has 0 saturated carbocycles. The van der Waals surface area contributed by atoms with Crippen molar-refractivity contribution in [3.63, 3.8) is 0 Å². The van der Waals surface area contributed by atoms with Crippen LogP contribution >= 0.6 is 0 Å². The SMILES string of the molecule is CN1CCN(C2=NC3=C(Nc4ccccc42)N(C=O)CC=C3)CC1. The number of allylic oxidation sites excluding steroid dienone is 1. The number of nitrogens with one attached hydrogen (secondary N) is 1. The second-order valence-corrected chi connectivity index (χ2v) is 6.29. The highest BCUT2D eigenvalue weighted by Gasteiger charge is 2.26. The Morgan fingerprint density at radius 3 is 2.75 bits per heavy atom. The van der Waals surface area contributed by atoms with E-state index in [4.69, 9.17) is 4.99 Å². The van der Waals surface area contributed by atoms with Crippen LogP contribution in [0.2, 0.25) is 0 Å². The monoisotopic (exact) mass is 323 g/mol. The van der Waals surface area contributed by atoms with Gasteiger partial charge in [-0.15, -0.1) is 0 Å². The number of fused-ring (bicyclic) bond motifs is 1. The van der Waals surface area contributed by atoms with Crippen molar-refractivity contribution in [1.82, 2.24) is 14.7 Å². The fourth-order valence-electron chi connectivity index (χ4n) is 3.27. The average Bonchev–Trinajstić information content (AvgIpc) is 2.79. The molecule has 6 nitrogen and oxygen atoms in total. The highest BCUT2D eigenvalue weighted by Crippen LogP contribution is 2.29. The third kappa shape index (κ3) is 2.59. The molecule has 1 N–H and O–H groups in total. The zero-order chi connectivity index (χ0) is 16.5. The van der Waals surface area contributed by atoms with Gasteiger partial charge in [-0.05, 0) is 25.3 Å². The van der Waals surface area contributed by atoms with E-state index in [-0.39, 0.29) is 0 Å². The smallest absolute Gasteiger partial charge is 0.215 e. The van der Waals surface area contributed by atoms with Crippen molar-refractivity contribution in [2.45, 2.75) is 0 Å². The van der Waals surface area contributed by atoms with E-state index in [1.807, 2.05) is 30.4 Å². The zero-order valence-corrected chi connectivity index (χ0v) is 13.8. The van der Waals surface area contributed by atoms with E-state index in [1.54, 1.807) is 4.90 Å². The van der Waals surface area contributed by atoms with Crippen LogP contribution in [0.5, 0.6) is 0 Å². The average molecular weight is 323 g/mol. The molecule has 24 heavy (non-hydrogen) atoms. The molecule has 0 radical (unpaired) electrons. The summed E-state index contributed by atoms with van der Waals surface area (Å²) in [7, 11) is 2.15. The minimum Gasteiger partial charge on any atom is -0.353 e. The van der Waals surface area contributed by atoms with Gasteiger partial charge >= 0.3 is 0 Å². The van der Waals surface area contributed by atoms with Crippen molar-refractivity contribution in [2.75, 3.05) is 45.1 Å².